The third-order valence-corrected chi connectivity index (χ3v) is 15.7. The third kappa shape index (κ3) is 12.2. The van der Waals surface area contributed by atoms with Crippen molar-refractivity contribution >= 4 is 35.9 Å². The Balaban J connectivity index is 4.52. The summed E-state index contributed by atoms with van der Waals surface area (Å²) in [5.74, 6) is 0. The largest absolute Gasteiger partial charge is 0.400 e. The van der Waals surface area contributed by atoms with Gasteiger partial charge in [0.1, 0.15) is 0 Å². The van der Waals surface area contributed by atoms with Gasteiger partial charge in [0.25, 0.3) is 0 Å². The zero-order chi connectivity index (χ0) is 19.8. The fraction of sp³-hybridized carbons (Fsp3) is 1.00. The van der Waals surface area contributed by atoms with Crippen molar-refractivity contribution in [3.8, 4) is 0 Å². The van der Waals surface area contributed by atoms with E-state index in [1.54, 1.807) is 42.7 Å². The molecule has 0 aromatic carbocycles. The van der Waals surface area contributed by atoms with E-state index < -0.39 is 35.9 Å². The maximum Gasteiger partial charge on any atom is 0.320 e. The molecule has 0 amide bonds. The molecule has 0 spiro atoms. The molecule has 0 aromatic rings. The Labute approximate surface area is 167 Å². The van der Waals surface area contributed by atoms with Gasteiger partial charge in [0.15, 0.2) is 0 Å². The lowest BCUT2D eigenvalue weighted by Crippen LogP contribution is -2.32. The molecule has 0 heterocycles. The van der Waals surface area contributed by atoms with E-state index in [1.165, 1.54) is 37.4 Å². The lowest BCUT2D eigenvalue weighted by atomic mass is 10.5. The van der Waals surface area contributed by atoms with Crippen LogP contribution in [0.1, 0.15) is 19.3 Å². The Morgan fingerprint density at radius 1 is 0.500 bits per heavy atom. The molecule has 0 bridgehead atoms. The predicted molar refractivity (Wildman–Crippen MR) is 118 cm³/mol. The first-order chi connectivity index (χ1) is 12.5. The standard InChI is InChI=1S/C16H42O6Si4/c1-17-23(18-2)11-8-14-26(7,15-9-12-24(19-3)20-4)16-10-13-25(21-5)22-6/h23-25H,8-16H2,1-7H3. The molecule has 26 heavy (non-hydrogen) atoms. The fourth-order valence-corrected chi connectivity index (χ4v) is 12.2. The van der Waals surface area contributed by atoms with Gasteiger partial charge in [-0.15, -0.1) is 0 Å². The van der Waals surface area contributed by atoms with Gasteiger partial charge in [-0.25, -0.2) is 0 Å². The summed E-state index contributed by atoms with van der Waals surface area (Å²) in [5.41, 5.74) is 0. The van der Waals surface area contributed by atoms with E-state index in [2.05, 4.69) is 6.55 Å². The predicted octanol–water partition coefficient (Wildman–Crippen LogP) is 2.78. The van der Waals surface area contributed by atoms with Crippen LogP contribution in [0.4, 0.5) is 0 Å². The molecule has 0 aromatic heterocycles. The smallest absolute Gasteiger partial charge is 0.320 e. The molecule has 0 aliphatic carbocycles. The van der Waals surface area contributed by atoms with Crippen LogP contribution in [0.5, 0.6) is 0 Å². The van der Waals surface area contributed by atoms with Gasteiger partial charge in [-0.2, -0.15) is 0 Å². The normalized spacial score (nSPS) is 12.7. The highest BCUT2D eigenvalue weighted by molar-refractivity contribution is 6.78. The lowest BCUT2D eigenvalue weighted by molar-refractivity contribution is 0.277. The van der Waals surface area contributed by atoms with Gasteiger partial charge in [0.2, 0.25) is 0 Å². The van der Waals surface area contributed by atoms with Crippen LogP contribution in [0, 0.1) is 0 Å². The highest BCUT2D eigenvalue weighted by Crippen LogP contribution is 2.29. The Morgan fingerprint density at radius 3 is 0.923 bits per heavy atom. The number of hydrogen-bond acceptors (Lipinski definition) is 6. The molecule has 10 heteroatoms. The highest BCUT2D eigenvalue weighted by Gasteiger charge is 2.28. The average molecular weight is 443 g/mol. The molecule has 0 aliphatic rings. The van der Waals surface area contributed by atoms with Crippen LogP contribution in [0.25, 0.3) is 0 Å². The van der Waals surface area contributed by atoms with Crippen molar-refractivity contribution < 1.29 is 26.6 Å². The second-order valence-electron chi connectivity index (χ2n) is 7.19. The first-order valence-corrected chi connectivity index (χ1v) is 18.0. The van der Waals surface area contributed by atoms with E-state index >= 15 is 0 Å². The maximum absolute atomic E-state index is 5.47. The van der Waals surface area contributed by atoms with Crippen LogP contribution < -0.4 is 0 Å². The molecule has 0 radical (unpaired) electrons. The monoisotopic (exact) mass is 442 g/mol. The van der Waals surface area contributed by atoms with E-state index in [9.17, 15) is 0 Å². The summed E-state index contributed by atoms with van der Waals surface area (Å²) in [4.78, 5) is 0. The van der Waals surface area contributed by atoms with E-state index in [-0.39, 0.29) is 0 Å². The zero-order valence-corrected chi connectivity index (χ0v) is 22.5. The van der Waals surface area contributed by atoms with Crippen LogP contribution in [0.15, 0.2) is 0 Å². The highest BCUT2D eigenvalue weighted by atomic mass is 28.3. The molecule has 0 saturated heterocycles. The van der Waals surface area contributed by atoms with Gasteiger partial charge in [-0.1, -0.05) is 43.9 Å². The Morgan fingerprint density at radius 2 is 0.731 bits per heavy atom. The third-order valence-electron chi connectivity index (χ3n) is 5.24. The summed E-state index contributed by atoms with van der Waals surface area (Å²) in [6.07, 6.45) is 3.68. The van der Waals surface area contributed by atoms with Crippen molar-refractivity contribution in [2.45, 2.75) is 62.1 Å². The van der Waals surface area contributed by atoms with Crippen molar-refractivity contribution in [2.24, 2.45) is 0 Å². The van der Waals surface area contributed by atoms with Gasteiger partial charge in [0, 0.05) is 42.7 Å². The van der Waals surface area contributed by atoms with Crippen LogP contribution in [-0.4, -0.2) is 78.6 Å². The summed E-state index contributed by atoms with van der Waals surface area (Å²) in [6.45, 7) is 2.56. The van der Waals surface area contributed by atoms with E-state index in [4.69, 9.17) is 26.6 Å². The Kier molecular flexibility index (Phi) is 17.0. The average Bonchev–Trinajstić information content (AvgIpc) is 2.66. The molecular weight excluding hydrogens is 401 g/mol. The Hall–Kier alpha value is 0.628. The summed E-state index contributed by atoms with van der Waals surface area (Å²) in [7, 11) is 5.06. The molecule has 0 N–H and O–H groups in total. The van der Waals surface area contributed by atoms with Crippen molar-refractivity contribution in [1.82, 2.24) is 0 Å². The molecule has 0 atom stereocenters. The minimum absolute atomic E-state index is 1.11. The topological polar surface area (TPSA) is 55.4 Å². The quantitative estimate of drug-likeness (QED) is 0.304. The summed E-state index contributed by atoms with van der Waals surface area (Å²) < 4.78 is 32.8. The van der Waals surface area contributed by atoms with E-state index in [1.807, 2.05) is 0 Å². The minimum Gasteiger partial charge on any atom is -0.400 e. The van der Waals surface area contributed by atoms with E-state index in [0.29, 0.717) is 0 Å². The van der Waals surface area contributed by atoms with Crippen LogP contribution in [-0.2, 0) is 26.6 Å². The van der Waals surface area contributed by atoms with Gasteiger partial charge in [0.05, 0.1) is 8.07 Å². The van der Waals surface area contributed by atoms with Crippen LogP contribution in [0.2, 0.25) is 42.8 Å². The molecule has 6 nitrogen and oxygen atoms in total. The second-order valence-corrected chi connectivity index (χ2v) is 19.4. The first-order valence-electron chi connectivity index (χ1n) is 9.65. The van der Waals surface area contributed by atoms with Crippen LogP contribution >= 0.6 is 0 Å². The second kappa shape index (κ2) is 16.6. The molecule has 158 valence electrons. The van der Waals surface area contributed by atoms with Crippen molar-refractivity contribution in [3.63, 3.8) is 0 Å². The molecule has 0 rings (SSSR count). The molecule has 0 aliphatic heterocycles. The van der Waals surface area contributed by atoms with Crippen molar-refractivity contribution in [2.75, 3.05) is 42.7 Å². The summed E-state index contributed by atoms with van der Waals surface area (Å²) in [6, 6.07) is 7.37. The number of hydrogen-bond donors (Lipinski definition) is 0. The van der Waals surface area contributed by atoms with Crippen molar-refractivity contribution in [1.29, 1.82) is 0 Å². The maximum atomic E-state index is 5.47. The zero-order valence-electron chi connectivity index (χ0n) is 18.0. The Bertz CT molecular complexity index is 270. The van der Waals surface area contributed by atoms with Gasteiger partial charge >= 0.3 is 27.9 Å². The lowest BCUT2D eigenvalue weighted by Gasteiger charge is -2.29. The fourth-order valence-electron chi connectivity index (χ4n) is 3.46. The minimum atomic E-state index is -1.43. The molecule has 0 fully saturated rings. The summed E-state index contributed by atoms with van der Waals surface area (Å²) in [5, 5.41) is 0. The van der Waals surface area contributed by atoms with Gasteiger partial charge in [-0.05, 0) is 18.1 Å². The summed E-state index contributed by atoms with van der Waals surface area (Å²) >= 11 is 0. The molecular formula is C16H42O6Si4. The van der Waals surface area contributed by atoms with Crippen molar-refractivity contribution in [3.05, 3.63) is 0 Å². The molecule has 0 unspecified atom stereocenters. The SMILES string of the molecule is CO[SiH](CCC[Si](C)(CCC[SiH](OC)OC)CCC[SiH](OC)OC)OC. The van der Waals surface area contributed by atoms with Gasteiger partial charge in [-0.3, -0.25) is 0 Å². The number of rotatable bonds is 18. The first kappa shape index (κ1) is 26.6. The van der Waals surface area contributed by atoms with Gasteiger partial charge < -0.3 is 26.6 Å². The molecule has 0 saturated carbocycles. The van der Waals surface area contributed by atoms with Crippen LogP contribution in [0.3, 0.4) is 0 Å². The van der Waals surface area contributed by atoms with E-state index in [0.717, 1.165) is 18.1 Å².